The van der Waals surface area contributed by atoms with E-state index in [2.05, 4.69) is 15.9 Å². The van der Waals surface area contributed by atoms with Crippen LogP contribution in [0.2, 0.25) is 0 Å². The van der Waals surface area contributed by atoms with Crippen molar-refractivity contribution in [2.75, 3.05) is 19.8 Å². The third kappa shape index (κ3) is 2.72. The van der Waals surface area contributed by atoms with Crippen molar-refractivity contribution >= 4 is 15.9 Å². The maximum Gasteiger partial charge on any atom is 0.120 e. The third-order valence-corrected chi connectivity index (χ3v) is 2.79. The SMILES string of the molecule is Brc1cccc(OCCC2COC2)c1. The quantitative estimate of drug-likeness (QED) is 0.825. The van der Waals surface area contributed by atoms with Crippen LogP contribution in [0.15, 0.2) is 28.7 Å². The third-order valence-electron chi connectivity index (χ3n) is 2.30. The Kier molecular flexibility index (Phi) is 3.43. The van der Waals surface area contributed by atoms with Crippen molar-refractivity contribution in [3.63, 3.8) is 0 Å². The summed E-state index contributed by atoms with van der Waals surface area (Å²) in [5, 5.41) is 0. The Morgan fingerprint density at radius 2 is 2.29 bits per heavy atom. The fourth-order valence-electron chi connectivity index (χ4n) is 1.35. The van der Waals surface area contributed by atoms with Crippen LogP contribution in [0, 0.1) is 5.92 Å². The Labute approximate surface area is 92.3 Å². The number of rotatable bonds is 4. The Balaban J connectivity index is 1.74. The lowest BCUT2D eigenvalue weighted by Gasteiger charge is -2.25. The van der Waals surface area contributed by atoms with Gasteiger partial charge in [-0.25, -0.2) is 0 Å². The summed E-state index contributed by atoms with van der Waals surface area (Å²) in [6.45, 7) is 2.59. The van der Waals surface area contributed by atoms with Gasteiger partial charge >= 0.3 is 0 Å². The lowest BCUT2D eigenvalue weighted by Crippen LogP contribution is -2.28. The summed E-state index contributed by atoms with van der Waals surface area (Å²) in [6, 6.07) is 7.93. The molecule has 1 aromatic carbocycles. The molecule has 0 aliphatic carbocycles. The first-order valence-corrected chi connectivity index (χ1v) is 5.60. The van der Waals surface area contributed by atoms with Crippen LogP contribution in [-0.2, 0) is 4.74 Å². The van der Waals surface area contributed by atoms with E-state index in [1.54, 1.807) is 0 Å². The van der Waals surface area contributed by atoms with Crippen molar-refractivity contribution in [3.8, 4) is 5.75 Å². The summed E-state index contributed by atoms with van der Waals surface area (Å²) in [5.41, 5.74) is 0. The van der Waals surface area contributed by atoms with Gasteiger partial charge in [0.1, 0.15) is 5.75 Å². The lowest BCUT2D eigenvalue weighted by molar-refractivity contribution is -0.0401. The molecule has 14 heavy (non-hydrogen) atoms. The second-order valence-electron chi connectivity index (χ2n) is 3.50. The molecule has 2 rings (SSSR count). The number of ether oxygens (including phenoxy) is 2. The molecule has 1 aromatic rings. The molecule has 76 valence electrons. The molecule has 1 saturated heterocycles. The zero-order chi connectivity index (χ0) is 9.80. The Hall–Kier alpha value is -0.540. The van der Waals surface area contributed by atoms with Gasteiger partial charge in [0.15, 0.2) is 0 Å². The summed E-state index contributed by atoms with van der Waals surface area (Å²) in [5.74, 6) is 1.64. The average molecular weight is 257 g/mol. The fraction of sp³-hybridized carbons (Fsp3) is 0.455. The minimum absolute atomic E-state index is 0.710. The van der Waals surface area contributed by atoms with Crippen molar-refractivity contribution in [3.05, 3.63) is 28.7 Å². The topological polar surface area (TPSA) is 18.5 Å². The van der Waals surface area contributed by atoms with Gasteiger partial charge in [-0.2, -0.15) is 0 Å². The van der Waals surface area contributed by atoms with E-state index >= 15 is 0 Å². The standard InChI is InChI=1S/C11H13BrO2/c12-10-2-1-3-11(6-10)14-5-4-9-7-13-8-9/h1-3,6,9H,4-5,7-8H2. The molecule has 1 heterocycles. The lowest BCUT2D eigenvalue weighted by atomic mass is 10.1. The monoisotopic (exact) mass is 256 g/mol. The van der Waals surface area contributed by atoms with Gasteiger partial charge in [-0.3, -0.25) is 0 Å². The Morgan fingerprint density at radius 3 is 2.93 bits per heavy atom. The summed E-state index contributed by atoms with van der Waals surface area (Å²) < 4.78 is 11.8. The van der Waals surface area contributed by atoms with Gasteiger partial charge in [-0.1, -0.05) is 22.0 Å². The second-order valence-corrected chi connectivity index (χ2v) is 4.41. The van der Waals surface area contributed by atoms with Gasteiger partial charge < -0.3 is 9.47 Å². The van der Waals surface area contributed by atoms with Gasteiger partial charge in [0.2, 0.25) is 0 Å². The zero-order valence-electron chi connectivity index (χ0n) is 7.91. The largest absolute Gasteiger partial charge is 0.494 e. The highest BCUT2D eigenvalue weighted by molar-refractivity contribution is 9.10. The van der Waals surface area contributed by atoms with Crippen LogP contribution in [0.4, 0.5) is 0 Å². The molecule has 0 aromatic heterocycles. The predicted molar refractivity (Wildman–Crippen MR) is 58.6 cm³/mol. The molecular formula is C11H13BrO2. The average Bonchev–Trinajstić information content (AvgIpc) is 2.09. The smallest absolute Gasteiger partial charge is 0.120 e. The molecule has 3 heteroatoms. The maximum absolute atomic E-state index is 5.61. The van der Waals surface area contributed by atoms with Gasteiger partial charge in [0.05, 0.1) is 19.8 Å². The summed E-state index contributed by atoms with van der Waals surface area (Å²) in [7, 11) is 0. The summed E-state index contributed by atoms with van der Waals surface area (Å²) in [6.07, 6.45) is 1.09. The van der Waals surface area contributed by atoms with Crippen LogP contribution >= 0.6 is 15.9 Å². The fourth-order valence-corrected chi connectivity index (χ4v) is 1.73. The van der Waals surface area contributed by atoms with Gasteiger partial charge in [-0.05, 0) is 24.6 Å². The van der Waals surface area contributed by atoms with E-state index in [0.717, 1.165) is 36.5 Å². The molecule has 0 bridgehead atoms. The minimum atomic E-state index is 0.710. The Bertz CT molecular complexity index is 297. The van der Waals surface area contributed by atoms with Gasteiger partial charge in [0.25, 0.3) is 0 Å². The highest BCUT2D eigenvalue weighted by Gasteiger charge is 2.17. The van der Waals surface area contributed by atoms with E-state index in [1.165, 1.54) is 0 Å². The molecule has 0 saturated carbocycles. The van der Waals surface area contributed by atoms with E-state index in [0.29, 0.717) is 5.92 Å². The second kappa shape index (κ2) is 4.80. The highest BCUT2D eigenvalue weighted by Crippen LogP contribution is 2.19. The molecule has 0 spiro atoms. The molecular weight excluding hydrogens is 244 g/mol. The van der Waals surface area contributed by atoms with Crippen LogP contribution in [0.25, 0.3) is 0 Å². The molecule has 0 atom stereocenters. The van der Waals surface area contributed by atoms with Crippen LogP contribution in [0.5, 0.6) is 5.75 Å². The minimum Gasteiger partial charge on any atom is -0.494 e. The summed E-state index contributed by atoms with van der Waals surface area (Å²) in [4.78, 5) is 0. The molecule has 1 aliphatic heterocycles. The predicted octanol–water partition coefficient (Wildman–Crippen LogP) is 2.86. The van der Waals surface area contributed by atoms with E-state index in [4.69, 9.17) is 9.47 Å². The van der Waals surface area contributed by atoms with Crippen LogP contribution < -0.4 is 4.74 Å². The van der Waals surface area contributed by atoms with Crippen molar-refractivity contribution in [1.82, 2.24) is 0 Å². The number of benzene rings is 1. The zero-order valence-corrected chi connectivity index (χ0v) is 9.50. The number of hydrogen-bond acceptors (Lipinski definition) is 2. The van der Waals surface area contributed by atoms with Crippen LogP contribution in [0.1, 0.15) is 6.42 Å². The van der Waals surface area contributed by atoms with Crippen molar-refractivity contribution in [2.24, 2.45) is 5.92 Å². The molecule has 1 aliphatic rings. The van der Waals surface area contributed by atoms with Gasteiger partial charge in [-0.15, -0.1) is 0 Å². The number of halogens is 1. The van der Waals surface area contributed by atoms with Gasteiger partial charge in [0, 0.05) is 10.4 Å². The Morgan fingerprint density at radius 1 is 1.43 bits per heavy atom. The van der Waals surface area contributed by atoms with Crippen molar-refractivity contribution in [1.29, 1.82) is 0 Å². The molecule has 1 fully saturated rings. The first-order valence-electron chi connectivity index (χ1n) is 4.81. The highest BCUT2D eigenvalue weighted by atomic mass is 79.9. The molecule has 0 radical (unpaired) electrons. The first kappa shape index (κ1) is 9.99. The molecule has 2 nitrogen and oxygen atoms in total. The molecule has 0 amide bonds. The van der Waals surface area contributed by atoms with E-state index in [9.17, 15) is 0 Å². The molecule has 0 N–H and O–H groups in total. The van der Waals surface area contributed by atoms with Crippen LogP contribution in [-0.4, -0.2) is 19.8 Å². The van der Waals surface area contributed by atoms with Crippen molar-refractivity contribution in [2.45, 2.75) is 6.42 Å². The van der Waals surface area contributed by atoms with E-state index < -0.39 is 0 Å². The van der Waals surface area contributed by atoms with E-state index in [-0.39, 0.29) is 0 Å². The maximum atomic E-state index is 5.61. The van der Waals surface area contributed by atoms with Crippen LogP contribution in [0.3, 0.4) is 0 Å². The van der Waals surface area contributed by atoms with Crippen molar-refractivity contribution < 1.29 is 9.47 Å². The normalized spacial score (nSPS) is 16.4. The first-order chi connectivity index (χ1) is 6.84. The molecule has 0 unspecified atom stereocenters. The van der Waals surface area contributed by atoms with E-state index in [1.807, 2.05) is 24.3 Å². The summed E-state index contributed by atoms with van der Waals surface area (Å²) >= 11 is 3.41. The number of hydrogen-bond donors (Lipinski definition) is 0.